The predicted molar refractivity (Wildman–Crippen MR) is 134 cm³/mol. The summed E-state index contributed by atoms with van der Waals surface area (Å²) < 4.78 is 16.9. The quantitative estimate of drug-likeness (QED) is 0.329. The van der Waals surface area contributed by atoms with Crippen molar-refractivity contribution in [3.63, 3.8) is 0 Å². The van der Waals surface area contributed by atoms with Crippen LogP contribution >= 0.6 is 12.2 Å². The van der Waals surface area contributed by atoms with E-state index in [4.69, 9.17) is 26.2 Å². The maximum Gasteiger partial charge on any atom is 0.431 e. The molecule has 1 fully saturated rings. The number of rotatable bonds is 9. The van der Waals surface area contributed by atoms with Crippen molar-refractivity contribution in [3.05, 3.63) is 64.6 Å². The molecule has 188 valence electrons. The van der Waals surface area contributed by atoms with Gasteiger partial charge < -0.3 is 19.7 Å². The lowest BCUT2D eigenvalue weighted by Crippen LogP contribution is -2.44. The number of benzene rings is 2. The molecule has 1 saturated heterocycles. The fraction of sp³-hybridized carbons (Fsp3) is 0.292. The van der Waals surface area contributed by atoms with Crippen LogP contribution in [0.25, 0.3) is 0 Å². The lowest BCUT2D eigenvalue weighted by Gasteiger charge is -2.21. The zero-order valence-electron chi connectivity index (χ0n) is 20.0. The van der Waals surface area contributed by atoms with Crippen LogP contribution in [0, 0.1) is 0 Å². The highest BCUT2D eigenvalue weighted by Crippen LogP contribution is 2.29. The Hall–Kier alpha value is -4.19. The summed E-state index contributed by atoms with van der Waals surface area (Å²) >= 11 is 5.65. The molecule has 1 aromatic heterocycles. The van der Waals surface area contributed by atoms with Crippen molar-refractivity contribution in [2.45, 2.75) is 25.9 Å². The van der Waals surface area contributed by atoms with Crippen LogP contribution in [0.5, 0.6) is 11.5 Å². The highest BCUT2D eigenvalue weighted by Gasteiger charge is 2.45. The van der Waals surface area contributed by atoms with Gasteiger partial charge in [-0.25, -0.2) is 4.79 Å². The fourth-order valence-corrected chi connectivity index (χ4v) is 4.25. The summed E-state index contributed by atoms with van der Waals surface area (Å²) in [6, 6.07) is 12.8. The first kappa shape index (κ1) is 24.9. The lowest BCUT2D eigenvalue weighted by atomic mass is 10.1. The number of hydrogen-bond donors (Lipinski definition) is 2. The number of nitrogens with one attached hydrogen (secondary N) is 2. The Bertz CT molecular complexity index is 1320. The minimum Gasteiger partial charge on any atom is -0.497 e. The number of amides is 2. The topological polar surface area (TPSA) is 121 Å². The van der Waals surface area contributed by atoms with Crippen LogP contribution in [0.15, 0.2) is 57.8 Å². The van der Waals surface area contributed by atoms with Crippen molar-refractivity contribution in [3.8, 4) is 11.5 Å². The maximum atomic E-state index is 13.6. The molecule has 2 heterocycles. The molecule has 2 aromatic carbocycles. The average molecular weight is 513 g/mol. The third-order valence-corrected chi connectivity index (χ3v) is 6.13. The van der Waals surface area contributed by atoms with Crippen molar-refractivity contribution >= 4 is 40.5 Å². The van der Waals surface area contributed by atoms with Gasteiger partial charge in [-0.15, -0.1) is 0 Å². The largest absolute Gasteiger partial charge is 0.497 e. The molecule has 12 heteroatoms. The number of hydrogen-bond acceptors (Lipinski definition) is 7. The number of carbonyl (C=O) groups excluding carboxylic acids is 2. The van der Waals surface area contributed by atoms with E-state index in [0.29, 0.717) is 29.5 Å². The van der Waals surface area contributed by atoms with Gasteiger partial charge in [0.2, 0.25) is 5.91 Å². The summed E-state index contributed by atoms with van der Waals surface area (Å²) in [5, 5.41) is 5.42. The number of nitrogens with zero attached hydrogens (tertiary/aromatic N) is 3. The number of carbonyl (C=O) groups is 2. The van der Waals surface area contributed by atoms with E-state index < -0.39 is 11.7 Å². The van der Waals surface area contributed by atoms with Crippen LogP contribution in [0.3, 0.4) is 0 Å². The third-order valence-electron chi connectivity index (χ3n) is 5.71. The van der Waals surface area contributed by atoms with Gasteiger partial charge in [0.25, 0.3) is 5.91 Å². The Labute approximate surface area is 212 Å². The number of ether oxygens (including phenoxy) is 2. The number of aromatic amines is 1. The molecular weight excluding hydrogens is 486 g/mol. The lowest BCUT2D eigenvalue weighted by molar-refractivity contribution is -0.746. The van der Waals surface area contributed by atoms with Gasteiger partial charge in [0, 0.05) is 5.69 Å². The molecule has 11 nitrogen and oxygen atoms in total. The van der Waals surface area contributed by atoms with Crippen LogP contribution < -0.4 is 30.0 Å². The highest BCUT2D eigenvalue weighted by molar-refractivity contribution is 7.80. The van der Waals surface area contributed by atoms with E-state index >= 15 is 0 Å². The third kappa shape index (κ3) is 5.08. The van der Waals surface area contributed by atoms with Crippen LogP contribution in [0.4, 0.5) is 11.4 Å². The summed E-state index contributed by atoms with van der Waals surface area (Å²) in [4.78, 5) is 41.6. The van der Waals surface area contributed by atoms with E-state index in [-0.39, 0.29) is 35.6 Å². The van der Waals surface area contributed by atoms with E-state index in [2.05, 4.69) is 10.6 Å². The Balaban J connectivity index is 1.60. The summed E-state index contributed by atoms with van der Waals surface area (Å²) in [5.74, 6) is 0.546. The summed E-state index contributed by atoms with van der Waals surface area (Å²) in [5.41, 5.74) is 0.747. The summed E-state index contributed by atoms with van der Waals surface area (Å²) in [6.07, 6.45) is -0.183. The second-order valence-corrected chi connectivity index (χ2v) is 8.36. The number of anilines is 2. The molecule has 0 radical (unpaired) electrons. The van der Waals surface area contributed by atoms with Crippen LogP contribution in [-0.2, 0) is 23.2 Å². The molecule has 0 aliphatic carbocycles. The van der Waals surface area contributed by atoms with Gasteiger partial charge in [-0.05, 0) is 72.9 Å². The van der Waals surface area contributed by atoms with Crippen molar-refractivity contribution in [2.75, 3.05) is 23.9 Å². The molecule has 0 saturated carbocycles. The van der Waals surface area contributed by atoms with E-state index in [0.717, 1.165) is 0 Å². The Kier molecular flexibility index (Phi) is 7.34. The molecular formula is C24H26N5O6S+. The van der Waals surface area contributed by atoms with Gasteiger partial charge in [-0.3, -0.25) is 19.0 Å². The van der Waals surface area contributed by atoms with Gasteiger partial charge in [0.15, 0.2) is 12.2 Å². The van der Waals surface area contributed by atoms with E-state index in [1.807, 2.05) is 6.92 Å². The number of thiocarbonyl (C=S) groups is 1. The molecule has 2 N–H and O–H groups in total. The van der Waals surface area contributed by atoms with Crippen molar-refractivity contribution in [1.29, 1.82) is 0 Å². The molecule has 1 aliphatic rings. The van der Waals surface area contributed by atoms with Crippen molar-refractivity contribution < 1.29 is 28.3 Å². The van der Waals surface area contributed by atoms with Gasteiger partial charge >= 0.3 is 11.3 Å². The molecule has 1 aliphatic heterocycles. The first-order valence-corrected chi connectivity index (χ1v) is 11.6. The van der Waals surface area contributed by atoms with Gasteiger partial charge in [-0.2, -0.15) is 0 Å². The molecule has 2 amide bonds. The fourth-order valence-electron chi connectivity index (χ4n) is 3.86. The normalized spacial score (nSPS) is 15.4. The zero-order chi connectivity index (χ0) is 25.8. The Morgan fingerprint density at radius 3 is 2.39 bits per heavy atom. The van der Waals surface area contributed by atoms with Crippen LogP contribution in [-0.4, -0.2) is 46.9 Å². The van der Waals surface area contributed by atoms with Gasteiger partial charge in [0.1, 0.15) is 24.1 Å². The standard InChI is InChI=1S/C24H25N5O6S/c1-4-34-18-11-7-16(8-12-18)29-22(31)19(13-21(30)25-15-5-9-17(33-3)10-6-15)28(24(29)36)14-20-23(32)35-26-27(20)2/h5-12,19H,4,13-14H2,1-3H3,(H-,25,26,30,32)/p+1. The number of H-pyrrole nitrogens is 1. The maximum absolute atomic E-state index is 13.6. The SMILES string of the molecule is CCOc1ccc(N2C(=O)C(CC(=O)Nc3ccc(OC)cc3)N(Cc3c(=O)o[nH][n+]3C)C2=S)cc1. The first-order chi connectivity index (χ1) is 17.3. The molecule has 4 rings (SSSR count). The van der Waals surface area contributed by atoms with E-state index in [1.165, 1.54) is 9.58 Å². The number of aromatic nitrogens is 2. The summed E-state index contributed by atoms with van der Waals surface area (Å²) in [7, 11) is 3.16. The molecule has 0 bridgehead atoms. The van der Waals surface area contributed by atoms with Crippen LogP contribution in [0.2, 0.25) is 0 Å². The minimum atomic E-state index is -0.934. The highest BCUT2D eigenvalue weighted by atomic mass is 32.1. The smallest absolute Gasteiger partial charge is 0.431 e. The first-order valence-electron chi connectivity index (χ1n) is 11.2. The minimum absolute atomic E-state index is 0.0269. The second kappa shape index (κ2) is 10.6. The molecule has 1 atom stereocenters. The molecule has 36 heavy (non-hydrogen) atoms. The summed E-state index contributed by atoms with van der Waals surface area (Å²) in [6.45, 7) is 2.36. The van der Waals surface area contributed by atoms with Crippen molar-refractivity contribution in [1.82, 2.24) is 10.2 Å². The zero-order valence-corrected chi connectivity index (χ0v) is 20.8. The molecule has 0 spiro atoms. The molecule has 1 unspecified atom stereocenters. The average Bonchev–Trinajstić information content (AvgIpc) is 3.30. The Morgan fingerprint density at radius 2 is 1.81 bits per heavy atom. The predicted octanol–water partition coefficient (Wildman–Crippen LogP) is 1.73. The van der Waals surface area contributed by atoms with Gasteiger partial charge in [0.05, 0.1) is 25.8 Å². The van der Waals surface area contributed by atoms with Crippen LogP contribution in [0.1, 0.15) is 19.0 Å². The van der Waals surface area contributed by atoms with E-state index in [1.54, 1.807) is 67.6 Å². The molecule has 3 aromatic rings. The number of methoxy groups -OCH3 is 1. The Morgan fingerprint density at radius 1 is 1.14 bits per heavy atom. The van der Waals surface area contributed by atoms with Crippen molar-refractivity contribution in [2.24, 2.45) is 7.05 Å². The van der Waals surface area contributed by atoms with Gasteiger partial charge in [-0.1, -0.05) is 4.68 Å². The number of aryl methyl sites for hydroxylation is 1. The van der Waals surface area contributed by atoms with E-state index in [9.17, 15) is 14.4 Å². The second-order valence-electron chi connectivity index (χ2n) is 7.99. The monoisotopic (exact) mass is 512 g/mol.